The highest BCUT2D eigenvalue weighted by Gasteiger charge is 2.55. The molecule has 3 rings (SSSR count). The van der Waals surface area contributed by atoms with Crippen molar-refractivity contribution in [2.24, 2.45) is 11.1 Å². The summed E-state index contributed by atoms with van der Waals surface area (Å²) >= 11 is 2.22. The number of nitrogens with two attached hydrogens (primary N) is 1. The highest BCUT2D eigenvalue weighted by atomic mass is 32.2. The first-order valence-corrected chi connectivity index (χ1v) is 8.89. The summed E-state index contributed by atoms with van der Waals surface area (Å²) in [4.78, 5) is 37.1. The summed E-state index contributed by atoms with van der Waals surface area (Å²) in [5.41, 5.74) is 5.11. The number of β-lactam (4-membered cyclic amide) rings is 1. The van der Waals surface area contributed by atoms with Crippen LogP contribution < -0.4 is 5.73 Å². The lowest BCUT2D eigenvalue weighted by molar-refractivity contribution is -0.155. The van der Waals surface area contributed by atoms with E-state index in [9.17, 15) is 19.5 Å². The third kappa shape index (κ3) is 2.74. The van der Waals surface area contributed by atoms with Crippen LogP contribution in [0.3, 0.4) is 0 Å². The number of hydrogen-bond acceptors (Lipinski definition) is 8. The maximum Gasteiger partial charge on any atom is 0.313 e. The van der Waals surface area contributed by atoms with Gasteiger partial charge >= 0.3 is 5.97 Å². The van der Waals surface area contributed by atoms with E-state index in [2.05, 4.69) is 5.16 Å². The molecule has 2 fully saturated rings. The van der Waals surface area contributed by atoms with Gasteiger partial charge in [-0.25, -0.2) is 0 Å². The Kier molecular flexibility index (Phi) is 4.15. The molecule has 23 heavy (non-hydrogen) atoms. The van der Waals surface area contributed by atoms with E-state index in [4.69, 9.17) is 10.3 Å². The summed E-state index contributed by atoms with van der Waals surface area (Å²) in [5.74, 6) is -0.808. The molecule has 3 atom stereocenters. The molecule has 1 aromatic heterocycles. The molecule has 3 N–H and O–H groups in total. The SMILES string of the molecule is Cc1cc(C(=O)SCC2(C(=O)O)CS[C@@H]3C(N)C(=O)N3C2)on1. The quantitative estimate of drug-likeness (QED) is 0.725. The zero-order valence-corrected chi connectivity index (χ0v) is 13.9. The number of carboxylic acids is 1. The second kappa shape index (κ2) is 5.84. The number of rotatable bonds is 4. The van der Waals surface area contributed by atoms with Gasteiger partial charge in [0.15, 0.2) is 0 Å². The average molecular weight is 357 g/mol. The van der Waals surface area contributed by atoms with Crippen LogP contribution in [-0.4, -0.2) is 61.6 Å². The van der Waals surface area contributed by atoms with Crippen LogP contribution in [0.15, 0.2) is 10.6 Å². The first kappa shape index (κ1) is 16.3. The van der Waals surface area contributed by atoms with Crippen molar-refractivity contribution in [1.82, 2.24) is 10.1 Å². The molecule has 0 bridgehead atoms. The zero-order chi connectivity index (χ0) is 16.8. The first-order valence-electron chi connectivity index (χ1n) is 6.85. The Morgan fingerprint density at radius 2 is 2.39 bits per heavy atom. The molecule has 8 nitrogen and oxygen atoms in total. The van der Waals surface area contributed by atoms with E-state index < -0.39 is 17.4 Å². The number of fused-ring (bicyclic) bond motifs is 1. The maximum absolute atomic E-state index is 12.1. The van der Waals surface area contributed by atoms with Gasteiger partial charge in [-0.15, -0.1) is 11.8 Å². The van der Waals surface area contributed by atoms with Gasteiger partial charge in [0.1, 0.15) is 16.8 Å². The second-order valence-corrected chi connectivity index (χ2v) is 7.74. The number of nitrogens with zero attached hydrogens (tertiary/aromatic N) is 2. The van der Waals surface area contributed by atoms with Crippen LogP contribution in [-0.2, 0) is 9.59 Å². The number of amides is 1. The lowest BCUT2D eigenvalue weighted by atomic mass is 9.89. The summed E-state index contributed by atoms with van der Waals surface area (Å²) in [6.07, 6.45) is 0. The van der Waals surface area contributed by atoms with E-state index >= 15 is 0 Å². The Bertz CT molecular complexity index is 678. The van der Waals surface area contributed by atoms with Crippen molar-refractivity contribution in [3.8, 4) is 0 Å². The predicted molar refractivity (Wildman–Crippen MR) is 84.0 cm³/mol. The summed E-state index contributed by atoms with van der Waals surface area (Å²) in [6.45, 7) is 1.77. The lowest BCUT2D eigenvalue weighted by Crippen LogP contribution is -2.72. The average Bonchev–Trinajstić information content (AvgIpc) is 2.97. The molecule has 2 aliphatic rings. The number of carboxylic acid groups (broad SMARTS) is 1. The van der Waals surface area contributed by atoms with Crippen molar-refractivity contribution >= 4 is 40.5 Å². The number of aromatic nitrogens is 1. The summed E-state index contributed by atoms with van der Waals surface area (Å²) in [5, 5.41) is 12.7. The lowest BCUT2D eigenvalue weighted by Gasteiger charge is -2.52. The summed E-state index contributed by atoms with van der Waals surface area (Å²) < 4.78 is 4.89. The van der Waals surface area contributed by atoms with Crippen LogP contribution >= 0.6 is 23.5 Å². The number of thioether (sulfide) groups is 2. The van der Waals surface area contributed by atoms with Gasteiger partial charge in [0, 0.05) is 24.1 Å². The van der Waals surface area contributed by atoms with Crippen molar-refractivity contribution in [3.05, 3.63) is 17.5 Å². The van der Waals surface area contributed by atoms with Gasteiger partial charge in [-0.2, -0.15) is 0 Å². The maximum atomic E-state index is 12.1. The molecule has 10 heteroatoms. The predicted octanol–water partition coefficient (Wildman–Crippen LogP) is 0.170. The number of aliphatic carboxylic acids is 1. The minimum Gasteiger partial charge on any atom is -0.481 e. The number of aryl methyl sites for hydroxylation is 1. The smallest absolute Gasteiger partial charge is 0.313 e. The molecule has 0 radical (unpaired) electrons. The van der Waals surface area contributed by atoms with Gasteiger partial charge < -0.3 is 20.3 Å². The van der Waals surface area contributed by atoms with E-state index in [1.807, 2.05) is 0 Å². The van der Waals surface area contributed by atoms with Gasteiger partial charge in [0.2, 0.25) is 11.7 Å². The molecule has 0 spiro atoms. The summed E-state index contributed by atoms with van der Waals surface area (Å²) in [7, 11) is 0. The van der Waals surface area contributed by atoms with Crippen molar-refractivity contribution < 1.29 is 24.0 Å². The van der Waals surface area contributed by atoms with Crippen LogP contribution in [0.4, 0.5) is 0 Å². The third-order valence-corrected chi connectivity index (χ3v) is 6.72. The third-order valence-electron chi connectivity index (χ3n) is 3.95. The van der Waals surface area contributed by atoms with Crippen LogP contribution in [0, 0.1) is 12.3 Å². The van der Waals surface area contributed by atoms with E-state index in [1.54, 1.807) is 6.92 Å². The Balaban J connectivity index is 1.69. The van der Waals surface area contributed by atoms with Crippen LogP contribution in [0.1, 0.15) is 16.2 Å². The zero-order valence-electron chi connectivity index (χ0n) is 12.2. The van der Waals surface area contributed by atoms with E-state index in [0.29, 0.717) is 11.4 Å². The Labute approximate surface area is 140 Å². The molecule has 2 unspecified atom stereocenters. The molecule has 0 aromatic carbocycles. The molecule has 1 aromatic rings. The molecular weight excluding hydrogens is 342 g/mol. The topological polar surface area (TPSA) is 127 Å². The molecular formula is C13H15N3O5S2. The molecule has 0 saturated carbocycles. The number of carbonyl (C=O) groups is 3. The van der Waals surface area contributed by atoms with Gasteiger partial charge in [-0.3, -0.25) is 14.4 Å². The highest BCUT2D eigenvalue weighted by molar-refractivity contribution is 8.14. The van der Waals surface area contributed by atoms with Crippen LogP contribution in [0.25, 0.3) is 0 Å². The Morgan fingerprint density at radius 3 is 3.00 bits per heavy atom. The fourth-order valence-electron chi connectivity index (χ4n) is 2.54. The van der Waals surface area contributed by atoms with Crippen molar-refractivity contribution in [1.29, 1.82) is 0 Å². The van der Waals surface area contributed by atoms with Crippen molar-refractivity contribution in [3.63, 3.8) is 0 Å². The minimum absolute atomic E-state index is 0.0552. The molecule has 2 aliphatic heterocycles. The van der Waals surface area contributed by atoms with E-state index in [-0.39, 0.29) is 34.5 Å². The minimum atomic E-state index is -1.17. The van der Waals surface area contributed by atoms with E-state index in [0.717, 1.165) is 11.8 Å². The fraction of sp³-hybridized carbons (Fsp3) is 0.538. The highest BCUT2D eigenvalue weighted by Crippen LogP contribution is 2.43. The first-order chi connectivity index (χ1) is 10.8. The van der Waals surface area contributed by atoms with Gasteiger partial charge in [-0.1, -0.05) is 16.9 Å². The van der Waals surface area contributed by atoms with Crippen molar-refractivity contribution in [2.45, 2.75) is 18.3 Å². The molecule has 0 aliphatic carbocycles. The van der Waals surface area contributed by atoms with Gasteiger partial charge in [0.25, 0.3) is 5.12 Å². The number of carbonyl (C=O) groups excluding carboxylic acids is 2. The van der Waals surface area contributed by atoms with Gasteiger partial charge in [-0.05, 0) is 6.92 Å². The van der Waals surface area contributed by atoms with Crippen LogP contribution in [0.2, 0.25) is 0 Å². The Morgan fingerprint density at radius 1 is 1.65 bits per heavy atom. The standard InChI is InChI=1S/C13H15N3O5S2/c1-6-2-7(21-15-6)11(18)23-5-13(12(19)20)3-16-9(17)8(14)10(16)22-4-13/h2,8,10H,3-5,14H2,1H3,(H,19,20)/t8?,10-,13?/m1/s1. The van der Waals surface area contributed by atoms with Crippen LogP contribution in [0.5, 0.6) is 0 Å². The fourth-order valence-corrected chi connectivity index (χ4v) is 5.12. The molecule has 3 heterocycles. The van der Waals surface area contributed by atoms with Gasteiger partial charge in [0.05, 0.1) is 5.69 Å². The molecule has 2 saturated heterocycles. The molecule has 1 amide bonds. The Hall–Kier alpha value is -1.52. The normalized spacial score (nSPS) is 29.8. The summed E-state index contributed by atoms with van der Waals surface area (Å²) in [6, 6.07) is 0.949. The molecule has 124 valence electrons. The largest absolute Gasteiger partial charge is 0.481 e. The second-order valence-electron chi connectivity index (χ2n) is 5.69. The van der Waals surface area contributed by atoms with Crippen molar-refractivity contribution in [2.75, 3.05) is 18.1 Å². The number of hydrogen-bond donors (Lipinski definition) is 2. The monoisotopic (exact) mass is 357 g/mol. The van der Waals surface area contributed by atoms with E-state index in [1.165, 1.54) is 22.7 Å².